The molecule has 0 spiro atoms. The summed E-state index contributed by atoms with van der Waals surface area (Å²) in [4.78, 5) is 4.26. The highest BCUT2D eigenvalue weighted by molar-refractivity contribution is 5.97. The van der Waals surface area contributed by atoms with Gasteiger partial charge < -0.3 is 0 Å². The topological polar surface area (TPSA) is 44.6 Å². The van der Waals surface area contributed by atoms with E-state index in [1.54, 1.807) is 0 Å². The molecule has 0 aliphatic heterocycles. The van der Waals surface area contributed by atoms with Crippen molar-refractivity contribution in [2.45, 2.75) is 19.8 Å². The maximum atomic E-state index is 8.90. The van der Waals surface area contributed by atoms with Gasteiger partial charge in [0.25, 0.3) is 0 Å². The SMILES string of the molecule is CCCCN=C(NO)c1ccccc1. The fourth-order valence-electron chi connectivity index (χ4n) is 1.14. The molecule has 3 heteroatoms. The van der Waals surface area contributed by atoms with E-state index in [9.17, 15) is 0 Å². The Bertz CT molecular complexity index is 283. The second-order valence-corrected chi connectivity index (χ2v) is 3.06. The van der Waals surface area contributed by atoms with Crippen molar-refractivity contribution in [3.8, 4) is 0 Å². The molecular weight excluding hydrogens is 176 g/mol. The second-order valence-electron chi connectivity index (χ2n) is 3.06. The Morgan fingerprint density at radius 3 is 2.64 bits per heavy atom. The van der Waals surface area contributed by atoms with E-state index in [-0.39, 0.29) is 0 Å². The minimum Gasteiger partial charge on any atom is -0.290 e. The zero-order chi connectivity index (χ0) is 10.2. The molecule has 0 heterocycles. The van der Waals surface area contributed by atoms with Crippen LogP contribution in [-0.2, 0) is 0 Å². The van der Waals surface area contributed by atoms with E-state index in [2.05, 4.69) is 17.4 Å². The number of hydrogen-bond acceptors (Lipinski definition) is 2. The number of rotatable bonds is 4. The molecule has 0 radical (unpaired) electrons. The Kier molecular flexibility index (Phi) is 4.72. The first-order valence-electron chi connectivity index (χ1n) is 4.88. The molecule has 0 bridgehead atoms. The van der Waals surface area contributed by atoms with E-state index in [0.29, 0.717) is 5.84 Å². The third-order valence-corrected chi connectivity index (χ3v) is 1.93. The summed E-state index contributed by atoms with van der Waals surface area (Å²) in [6.07, 6.45) is 2.15. The van der Waals surface area contributed by atoms with Crippen molar-refractivity contribution in [3.63, 3.8) is 0 Å². The number of nitrogens with zero attached hydrogens (tertiary/aromatic N) is 1. The summed E-state index contributed by atoms with van der Waals surface area (Å²) >= 11 is 0. The fraction of sp³-hybridized carbons (Fsp3) is 0.364. The van der Waals surface area contributed by atoms with Crippen molar-refractivity contribution < 1.29 is 5.21 Å². The smallest absolute Gasteiger partial charge is 0.152 e. The fourth-order valence-corrected chi connectivity index (χ4v) is 1.14. The zero-order valence-electron chi connectivity index (χ0n) is 8.40. The number of nitrogens with one attached hydrogen (secondary N) is 1. The van der Waals surface area contributed by atoms with Crippen LogP contribution in [0, 0.1) is 0 Å². The molecular formula is C11H16N2O. The Labute approximate surface area is 84.4 Å². The van der Waals surface area contributed by atoms with Crippen LogP contribution in [0.2, 0.25) is 0 Å². The summed E-state index contributed by atoms with van der Waals surface area (Å²) < 4.78 is 0. The summed E-state index contributed by atoms with van der Waals surface area (Å²) in [7, 11) is 0. The van der Waals surface area contributed by atoms with Gasteiger partial charge in [0.05, 0.1) is 0 Å². The van der Waals surface area contributed by atoms with Crippen LogP contribution < -0.4 is 5.48 Å². The van der Waals surface area contributed by atoms with Crippen LogP contribution in [0.25, 0.3) is 0 Å². The van der Waals surface area contributed by atoms with Gasteiger partial charge in [0.1, 0.15) is 0 Å². The molecule has 0 aromatic heterocycles. The lowest BCUT2D eigenvalue weighted by atomic mass is 10.2. The highest BCUT2D eigenvalue weighted by Gasteiger charge is 1.98. The first-order chi connectivity index (χ1) is 6.88. The van der Waals surface area contributed by atoms with Gasteiger partial charge in [-0.25, -0.2) is 0 Å². The third-order valence-electron chi connectivity index (χ3n) is 1.93. The van der Waals surface area contributed by atoms with Gasteiger partial charge in [-0.15, -0.1) is 0 Å². The van der Waals surface area contributed by atoms with E-state index >= 15 is 0 Å². The monoisotopic (exact) mass is 192 g/mol. The second kappa shape index (κ2) is 6.16. The molecule has 0 atom stereocenters. The number of unbranched alkanes of at least 4 members (excludes halogenated alkanes) is 1. The molecule has 0 saturated carbocycles. The normalized spacial score (nSPS) is 11.4. The molecule has 0 aliphatic carbocycles. The summed E-state index contributed by atoms with van der Waals surface area (Å²) in [5, 5.41) is 8.90. The summed E-state index contributed by atoms with van der Waals surface area (Å²) in [5.41, 5.74) is 3.04. The van der Waals surface area contributed by atoms with E-state index in [4.69, 9.17) is 5.21 Å². The van der Waals surface area contributed by atoms with Gasteiger partial charge in [0.2, 0.25) is 0 Å². The molecule has 0 aliphatic rings. The standard InChI is InChI=1S/C11H16N2O/c1-2-3-9-12-11(13-14)10-7-5-4-6-8-10/h4-8,14H,2-3,9H2,1H3,(H,12,13). The van der Waals surface area contributed by atoms with Crippen molar-refractivity contribution >= 4 is 5.84 Å². The van der Waals surface area contributed by atoms with Crippen LogP contribution in [0.1, 0.15) is 25.3 Å². The van der Waals surface area contributed by atoms with Crippen LogP contribution in [0.5, 0.6) is 0 Å². The molecule has 2 N–H and O–H groups in total. The van der Waals surface area contributed by atoms with Gasteiger partial charge in [-0.3, -0.25) is 15.7 Å². The molecule has 1 aromatic rings. The van der Waals surface area contributed by atoms with Crippen LogP contribution in [0.3, 0.4) is 0 Å². The van der Waals surface area contributed by atoms with Gasteiger partial charge in [-0.05, 0) is 6.42 Å². The van der Waals surface area contributed by atoms with Gasteiger partial charge >= 0.3 is 0 Å². The zero-order valence-corrected chi connectivity index (χ0v) is 8.40. The first kappa shape index (κ1) is 10.7. The maximum Gasteiger partial charge on any atom is 0.152 e. The van der Waals surface area contributed by atoms with Gasteiger partial charge in [-0.2, -0.15) is 0 Å². The molecule has 0 unspecified atom stereocenters. The van der Waals surface area contributed by atoms with Crippen molar-refractivity contribution in [2.24, 2.45) is 4.99 Å². The van der Waals surface area contributed by atoms with Crippen molar-refractivity contribution in [3.05, 3.63) is 35.9 Å². The van der Waals surface area contributed by atoms with E-state index < -0.39 is 0 Å². The average molecular weight is 192 g/mol. The quantitative estimate of drug-likeness (QED) is 0.332. The minimum atomic E-state index is 0.541. The van der Waals surface area contributed by atoms with Crippen LogP contribution in [0.4, 0.5) is 0 Å². The summed E-state index contributed by atoms with van der Waals surface area (Å²) in [6, 6.07) is 9.59. The van der Waals surface area contributed by atoms with Crippen LogP contribution in [-0.4, -0.2) is 17.6 Å². The van der Waals surface area contributed by atoms with Crippen LogP contribution in [0.15, 0.2) is 35.3 Å². The Hall–Kier alpha value is -1.35. The molecule has 0 fully saturated rings. The number of amidine groups is 1. The van der Waals surface area contributed by atoms with E-state index in [1.165, 1.54) is 0 Å². The summed E-state index contributed by atoms with van der Waals surface area (Å²) in [5.74, 6) is 0.541. The van der Waals surface area contributed by atoms with Gasteiger partial charge in [0.15, 0.2) is 5.84 Å². The van der Waals surface area contributed by atoms with Gasteiger partial charge in [0, 0.05) is 12.1 Å². The summed E-state index contributed by atoms with van der Waals surface area (Å²) in [6.45, 7) is 2.86. The lowest BCUT2D eigenvalue weighted by molar-refractivity contribution is 0.234. The number of hydroxylamine groups is 1. The lowest BCUT2D eigenvalue weighted by Gasteiger charge is -2.04. The molecule has 0 amide bonds. The number of hydrogen-bond donors (Lipinski definition) is 2. The number of benzene rings is 1. The Morgan fingerprint density at radius 1 is 1.36 bits per heavy atom. The third kappa shape index (κ3) is 3.18. The average Bonchev–Trinajstić information content (AvgIpc) is 2.26. The van der Waals surface area contributed by atoms with Crippen molar-refractivity contribution in [1.82, 2.24) is 5.48 Å². The minimum absolute atomic E-state index is 0.541. The Balaban J connectivity index is 2.67. The maximum absolute atomic E-state index is 8.90. The molecule has 14 heavy (non-hydrogen) atoms. The number of aliphatic imine (C=N–C) groups is 1. The van der Waals surface area contributed by atoms with E-state index in [1.807, 2.05) is 30.3 Å². The molecule has 0 saturated heterocycles. The Morgan fingerprint density at radius 2 is 2.07 bits per heavy atom. The predicted octanol–water partition coefficient (Wildman–Crippen LogP) is 2.21. The highest BCUT2D eigenvalue weighted by Crippen LogP contribution is 1.99. The highest BCUT2D eigenvalue weighted by atomic mass is 16.5. The van der Waals surface area contributed by atoms with Gasteiger partial charge in [-0.1, -0.05) is 43.7 Å². The molecule has 1 aromatic carbocycles. The van der Waals surface area contributed by atoms with E-state index in [0.717, 1.165) is 24.9 Å². The van der Waals surface area contributed by atoms with Crippen molar-refractivity contribution in [1.29, 1.82) is 0 Å². The largest absolute Gasteiger partial charge is 0.290 e. The molecule has 1 rings (SSSR count). The predicted molar refractivity (Wildman–Crippen MR) is 57.7 cm³/mol. The lowest BCUT2D eigenvalue weighted by Crippen LogP contribution is -2.20. The first-order valence-corrected chi connectivity index (χ1v) is 4.88. The molecule has 76 valence electrons. The molecule has 3 nitrogen and oxygen atoms in total. The van der Waals surface area contributed by atoms with Crippen molar-refractivity contribution in [2.75, 3.05) is 6.54 Å². The van der Waals surface area contributed by atoms with Crippen LogP contribution >= 0.6 is 0 Å².